The van der Waals surface area contributed by atoms with Crippen LogP contribution in [0.5, 0.6) is 0 Å². The maximum absolute atomic E-state index is 4.67. The molecule has 4 heteroatoms. The first-order valence-corrected chi connectivity index (χ1v) is 7.57. The summed E-state index contributed by atoms with van der Waals surface area (Å²) in [7, 11) is 2.20. The van der Waals surface area contributed by atoms with Crippen molar-refractivity contribution in [2.45, 2.75) is 19.8 Å². The van der Waals surface area contributed by atoms with Gasteiger partial charge in [0.2, 0.25) is 0 Å². The van der Waals surface area contributed by atoms with Gasteiger partial charge in [-0.2, -0.15) is 0 Å². The lowest BCUT2D eigenvalue weighted by Crippen LogP contribution is -2.44. The molecule has 0 spiro atoms. The van der Waals surface area contributed by atoms with Gasteiger partial charge >= 0.3 is 0 Å². The van der Waals surface area contributed by atoms with Crippen LogP contribution in [0.2, 0.25) is 0 Å². The minimum Gasteiger partial charge on any atom is -0.342 e. The normalized spacial score (nSPS) is 17.9. The molecule has 0 radical (unpaired) electrons. The number of H-pyrrole nitrogens is 1. The molecule has 1 aliphatic rings. The van der Waals surface area contributed by atoms with Gasteiger partial charge in [-0.3, -0.25) is 0 Å². The first kappa shape index (κ1) is 13.6. The van der Waals surface area contributed by atoms with E-state index in [9.17, 15) is 0 Å². The number of aryl methyl sites for hydroxylation is 2. The van der Waals surface area contributed by atoms with E-state index in [4.69, 9.17) is 0 Å². The number of hydrogen-bond acceptors (Lipinski definition) is 3. The maximum Gasteiger partial charge on any atom is 0.107 e. The molecule has 0 aliphatic carbocycles. The van der Waals surface area contributed by atoms with Crippen molar-refractivity contribution in [3.05, 3.63) is 29.6 Å². The van der Waals surface area contributed by atoms with Crippen molar-refractivity contribution < 1.29 is 0 Å². The Balaban J connectivity index is 1.52. The lowest BCUT2D eigenvalue weighted by molar-refractivity contribution is 0.153. The van der Waals surface area contributed by atoms with E-state index in [2.05, 4.69) is 51.9 Å². The van der Waals surface area contributed by atoms with Crippen LogP contribution in [0.3, 0.4) is 0 Å². The highest BCUT2D eigenvalue weighted by Gasteiger charge is 2.13. The standard InChI is InChI=1S/C16H24N4/c1-13-5-6-14-15(12-13)18-16(17-14)4-3-7-20-10-8-19(2)9-11-20/h5-6,12H,3-4,7-11H2,1-2H3,(H,17,18). The molecule has 0 atom stereocenters. The Hall–Kier alpha value is -1.39. The van der Waals surface area contributed by atoms with Crippen molar-refractivity contribution >= 4 is 11.0 Å². The van der Waals surface area contributed by atoms with E-state index in [1.807, 2.05) is 0 Å². The molecule has 3 rings (SSSR count). The van der Waals surface area contributed by atoms with Crippen molar-refractivity contribution in [3.8, 4) is 0 Å². The van der Waals surface area contributed by atoms with Gasteiger partial charge in [-0.05, 0) is 44.6 Å². The maximum atomic E-state index is 4.67. The molecule has 4 nitrogen and oxygen atoms in total. The number of aromatic amines is 1. The van der Waals surface area contributed by atoms with Crippen LogP contribution < -0.4 is 0 Å². The van der Waals surface area contributed by atoms with E-state index in [0.717, 1.165) is 17.8 Å². The summed E-state index contributed by atoms with van der Waals surface area (Å²) in [4.78, 5) is 13.1. The summed E-state index contributed by atoms with van der Waals surface area (Å²) in [5.74, 6) is 1.12. The van der Waals surface area contributed by atoms with Gasteiger partial charge < -0.3 is 14.8 Å². The highest BCUT2D eigenvalue weighted by molar-refractivity contribution is 5.75. The molecular formula is C16H24N4. The Morgan fingerprint density at radius 3 is 2.80 bits per heavy atom. The van der Waals surface area contributed by atoms with Crippen LogP contribution in [0.15, 0.2) is 18.2 Å². The number of piperazine rings is 1. The average molecular weight is 272 g/mol. The number of nitrogens with one attached hydrogen (secondary N) is 1. The van der Waals surface area contributed by atoms with E-state index in [0.29, 0.717) is 0 Å². The number of aromatic nitrogens is 2. The second kappa shape index (κ2) is 5.94. The van der Waals surface area contributed by atoms with Gasteiger partial charge in [-0.1, -0.05) is 6.07 Å². The largest absolute Gasteiger partial charge is 0.342 e. The highest BCUT2D eigenvalue weighted by Crippen LogP contribution is 2.14. The van der Waals surface area contributed by atoms with Gasteiger partial charge in [0.05, 0.1) is 11.0 Å². The zero-order chi connectivity index (χ0) is 13.9. The van der Waals surface area contributed by atoms with Crippen LogP contribution in [0, 0.1) is 6.92 Å². The van der Waals surface area contributed by atoms with Crippen LogP contribution in [0.4, 0.5) is 0 Å². The molecule has 2 heterocycles. The fourth-order valence-corrected chi connectivity index (χ4v) is 2.84. The van der Waals surface area contributed by atoms with Crippen LogP contribution in [0.1, 0.15) is 17.8 Å². The van der Waals surface area contributed by atoms with Crippen LogP contribution in [0.25, 0.3) is 11.0 Å². The molecule has 0 unspecified atom stereocenters. The third kappa shape index (κ3) is 3.19. The smallest absolute Gasteiger partial charge is 0.107 e. The molecule has 0 saturated carbocycles. The molecule has 20 heavy (non-hydrogen) atoms. The molecule has 108 valence electrons. The van der Waals surface area contributed by atoms with Crippen LogP contribution >= 0.6 is 0 Å². The monoisotopic (exact) mass is 272 g/mol. The number of imidazole rings is 1. The fourth-order valence-electron chi connectivity index (χ4n) is 2.84. The molecular weight excluding hydrogens is 248 g/mol. The Bertz CT molecular complexity index is 567. The molecule has 1 aliphatic heterocycles. The molecule has 0 bridgehead atoms. The van der Waals surface area contributed by atoms with Gasteiger partial charge in [0.1, 0.15) is 5.82 Å². The molecule has 1 saturated heterocycles. The molecule has 1 fully saturated rings. The topological polar surface area (TPSA) is 35.2 Å². The van der Waals surface area contributed by atoms with Gasteiger partial charge in [0, 0.05) is 32.6 Å². The molecule has 1 N–H and O–H groups in total. The first-order chi connectivity index (χ1) is 9.70. The number of nitrogens with zero attached hydrogens (tertiary/aromatic N) is 3. The van der Waals surface area contributed by atoms with Crippen molar-refractivity contribution in [1.82, 2.24) is 19.8 Å². The molecule has 1 aromatic heterocycles. The highest BCUT2D eigenvalue weighted by atomic mass is 15.2. The van der Waals surface area contributed by atoms with Crippen molar-refractivity contribution in [3.63, 3.8) is 0 Å². The zero-order valence-corrected chi connectivity index (χ0v) is 12.5. The summed E-state index contributed by atoms with van der Waals surface area (Å²) in [6.45, 7) is 8.11. The predicted molar refractivity (Wildman–Crippen MR) is 83.1 cm³/mol. The van der Waals surface area contributed by atoms with Gasteiger partial charge in [0.15, 0.2) is 0 Å². The summed E-state index contributed by atoms with van der Waals surface area (Å²) in [5, 5.41) is 0. The Kier molecular flexibility index (Phi) is 4.03. The second-order valence-electron chi connectivity index (χ2n) is 5.95. The van der Waals surface area contributed by atoms with E-state index < -0.39 is 0 Å². The van der Waals surface area contributed by atoms with E-state index in [1.165, 1.54) is 50.2 Å². The second-order valence-corrected chi connectivity index (χ2v) is 5.95. The minimum absolute atomic E-state index is 1.04. The van der Waals surface area contributed by atoms with E-state index in [-0.39, 0.29) is 0 Å². The third-order valence-corrected chi connectivity index (χ3v) is 4.17. The first-order valence-electron chi connectivity index (χ1n) is 7.57. The lowest BCUT2D eigenvalue weighted by Gasteiger charge is -2.32. The Morgan fingerprint density at radius 2 is 2.00 bits per heavy atom. The summed E-state index contributed by atoms with van der Waals surface area (Å²) < 4.78 is 0. The fraction of sp³-hybridized carbons (Fsp3) is 0.562. The molecule has 1 aromatic carbocycles. The van der Waals surface area contributed by atoms with Crippen molar-refractivity contribution in [2.75, 3.05) is 39.8 Å². The number of fused-ring (bicyclic) bond motifs is 1. The number of likely N-dealkylation sites (N-methyl/N-ethyl adjacent to an activating group) is 1. The summed E-state index contributed by atoms with van der Waals surface area (Å²) in [6.07, 6.45) is 2.22. The van der Waals surface area contributed by atoms with Crippen LogP contribution in [-0.4, -0.2) is 59.5 Å². The van der Waals surface area contributed by atoms with Gasteiger partial charge in [0.25, 0.3) is 0 Å². The summed E-state index contributed by atoms with van der Waals surface area (Å²) in [5.41, 5.74) is 3.54. The zero-order valence-electron chi connectivity index (χ0n) is 12.5. The number of hydrogen-bond donors (Lipinski definition) is 1. The number of rotatable bonds is 4. The van der Waals surface area contributed by atoms with Crippen molar-refractivity contribution in [2.24, 2.45) is 0 Å². The molecule has 2 aromatic rings. The Morgan fingerprint density at radius 1 is 1.20 bits per heavy atom. The van der Waals surface area contributed by atoms with E-state index in [1.54, 1.807) is 0 Å². The Labute approximate surface area is 120 Å². The summed E-state index contributed by atoms with van der Waals surface area (Å²) in [6, 6.07) is 6.40. The van der Waals surface area contributed by atoms with Crippen molar-refractivity contribution in [1.29, 1.82) is 0 Å². The number of benzene rings is 1. The lowest BCUT2D eigenvalue weighted by atomic mass is 10.2. The van der Waals surface area contributed by atoms with Gasteiger partial charge in [-0.15, -0.1) is 0 Å². The van der Waals surface area contributed by atoms with E-state index >= 15 is 0 Å². The summed E-state index contributed by atoms with van der Waals surface area (Å²) >= 11 is 0. The SMILES string of the molecule is Cc1ccc2nc(CCCN3CCN(C)CC3)[nH]c2c1. The van der Waals surface area contributed by atoms with Gasteiger partial charge in [-0.25, -0.2) is 4.98 Å². The minimum atomic E-state index is 1.04. The predicted octanol–water partition coefficient (Wildman–Crippen LogP) is 2.05. The van der Waals surface area contributed by atoms with Crippen LogP contribution in [-0.2, 0) is 6.42 Å². The molecule has 0 amide bonds. The average Bonchev–Trinajstić information content (AvgIpc) is 2.83. The third-order valence-electron chi connectivity index (χ3n) is 4.17. The quantitative estimate of drug-likeness (QED) is 0.925.